The van der Waals surface area contributed by atoms with Gasteiger partial charge in [0, 0.05) is 0 Å². The average Bonchev–Trinajstić information content (AvgIpc) is 2.99. The van der Waals surface area contributed by atoms with Crippen LogP contribution in [-0.2, 0) is 0 Å². The van der Waals surface area contributed by atoms with Gasteiger partial charge in [-0.2, -0.15) is 0 Å². The minimum absolute atomic E-state index is 0.172. The summed E-state index contributed by atoms with van der Waals surface area (Å²) < 4.78 is 0. The zero-order valence-electron chi connectivity index (χ0n) is 19.0. The number of hydrogen-bond donors (Lipinski definition) is 1. The number of aliphatic hydroxyl groups is 1. The number of allylic oxidation sites excluding steroid dienone is 4. The summed E-state index contributed by atoms with van der Waals surface area (Å²) in [6.45, 7) is 14.1. The number of fused-ring (bicyclic) bond motifs is 1. The van der Waals surface area contributed by atoms with Crippen LogP contribution in [0.25, 0.3) is 0 Å². The summed E-state index contributed by atoms with van der Waals surface area (Å²) in [6.07, 6.45) is 18.2. The minimum atomic E-state index is -0.172. The summed E-state index contributed by atoms with van der Waals surface area (Å²) in [4.78, 5) is 0. The zero-order chi connectivity index (χ0) is 20.3. The molecule has 0 aromatic rings. The lowest BCUT2D eigenvalue weighted by Gasteiger charge is -2.44. The summed E-state index contributed by atoms with van der Waals surface area (Å²) in [5, 5.41) is 10.0. The highest BCUT2D eigenvalue weighted by atomic mass is 16.3. The fourth-order valence-corrected chi connectivity index (χ4v) is 6.66. The van der Waals surface area contributed by atoms with Crippen LogP contribution in [0.1, 0.15) is 98.3 Å². The Balaban J connectivity index is 1.70. The van der Waals surface area contributed by atoms with E-state index in [1.165, 1.54) is 62.5 Å². The molecule has 3 rings (SSSR count). The van der Waals surface area contributed by atoms with Crippen LogP contribution < -0.4 is 0 Å². The van der Waals surface area contributed by atoms with E-state index in [1.807, 2.05) is 0 Å². The quantitative estimate of drug-likeness (QED) is 0.499. The first-order valence-corrected chi connectivity index (χ1v) is 12.1. The van der Waals surface area contributed by atoms with Crippen LogP contribution in [0.3, 0.4) is 0 Å². The summed E-state index contributed by atoms with van der Waals surface area (Å²) in [7, 11) is 0. The maximum Gasteiger partial charge on any atom is 0.0583 e. The Morgan fingerprint density at radius 3 is 2.64 bits per heavy atom. The summed E-state index contributed by atoms with van der Waals surface area (Å²) in [5.74, 6) is 3.37. The first-order chi connectivity index (χ1) is 13.3. The average molecular weight is 385 g/mol. The van der Waals surface area contributed by atoms with Crippen molar-refractivity contribution in [1.29, 1.82) is 0 Å². The van der Waals surface area contributed by atoms with Crippen LogP contribution in [0.4, 0.5) is 0 Å². The molecular formula is C27H44O. The maximum absolute atomic E-state index is 10.0. The van der Waals surface area contributed by atoms with Crippen molar-refractivity contribution in [3.05, 3.63) is 35.5 Å². The van der Waals surface area contributed by atoms with Gasteiger partial charge < -0.3 is 5.11 Å². The molecule has 1 nitrogen and oxygen atoms in total. The molecule has 3 unspecified atom stereocenters. The maximum atomic E-state index is 10.0. The van der Waals surface area contributed by atoms with Crippen LogP contribution in [0.5, 0.6) is 0 Å². The van der Waals surface area contributed by atoms with Gasteiger partial charge in [0.05, 0.1) is 6.10 Å². The van der Waals surface area contributed by atoms with Crippen molar-refractivity contribution in [2.75, 3.05) is 0 Å². The number of rotatable bonds is 6. The molecule has 3 aliphatic carbocycles. The van der Waals surface area contributed by atoms with E-state index in [0.717, 1.165) is 42.9 Å². The van der Waals surface area contributed by atoms with Crippen molar-refractivity contribution < 1.29 is 5.11 Å². The van der Waals surface area contributed by atoms with Gasteiger partial charge >= 0.3 is 0 Å². The third-order valence-corrected chi connectivity index (χ3v) is 8.35. The number of aliphatic hydroxyl groups excluding tert-OH is 1. The SMILES string of the molecule is C=C1CCC(O)CC1=CC=C1CCC[C@@]2(C)C1CC[C@@H]2C(C)CCCC(C)C. The molecule has 0 bridgehead atoms. The van der Waals surface area contributed by atoms with E-state index in [1.54, 1.807) is 5.57 Å². The molecule has 0 heterocycles. The van der Waals surface area contributed by atoms with E-state index in [2.05, 4.69) is 46.4 Å². The molecule has 0 amide bonds. The Labute approximate surface area is 174 Å². The van der Waals surface area contributed by atoms with E-state index in [9.17, 15) is 5.11 Å². The zero-order valence-corrected chi connectivity index (χ0v) is 19.0. The molecule has 5 atom stereocenters. The van der Waals surface area contributed by atoms with Crippen LogP contribution >= 0.6 is 0 Å². The van der Waals surface area contributed by atoms with Gasteiger partial charge in [-0.1, -0.05) is 76.8 Å². The van der Waals surface area contributed by atoms with Gasteiger partial charge in [-0.25, -0.2) is 0 Å². The molecule has 1 N–H and O–H groups in total. The van der Waals surface area contributed by atoms with Crippen LogP contribution in [0.15, 0.2) is 35.5 Å². The lowest BCUT2D eigenvalue weighted by molar-refractivity contribution is 0.0929. The Kier molecular flexibility index (Phi) is 7.29. The standard InChI is InChI=1S/C27H44O/c1-19(2)8-6-9-21(4)25-15-16-26-22(10-7-17-27(25,26)5)12-13-23-18-24(28)14-11-20(23)3/h12-13,19,21,24-26,28H,3,6-11,14-18H2,1-2,4-5H3/t21?,24?,25-,26?,27-/m1/s1. The lowest BCUT2D eigenvalue weighted by atomic mass is 9.60. The van der Waals surface area contributed by atoms with Crippen molar-refractivity contribution in [3.63, 3.8) is 0 Å². The van der Waals surface area contributed by atoms with E-state index < -0.39 is 0 Å². The number of hydrogen-bond acceptors (Lipinski definition) is 1. The van der Waals surface area contributed by atoms with E-state index in [-0.39, 0.29) is 6.10 Å². The van der Waals surface area contributed by atoms with Crippen LogP contribution in [0, 0.1) is 29.1 Å². The largest absolute Gasteiger partial charge is 0.393 e. The Bertz CT molecular complexity index is 610. The molecule has 1 heteroatoms. The van der Waals surface area contributed by atoms with E-state index >= 15 is 0 Å². The highest BCUT2D eigenvalue weighted by molar-refractivity contribution is 5.36. The first kappa shape index (κ1) is 21.9. The molecule has 3 aliphatic rings. The Morgan fingerprint density at radius 2 is 1.89 bits per heavy atom. The van der Waals surface area contributed by atoms with Gasteiger partial charge in [0.2, 0.25) is 0 Å². The third-order valence-electron chi connectivity index (χ3n) is 8.35. The molecule has 0 aromatic heterocycles. The molecule has 0 radical (unpaired) electrons. The van der Waals surface area contributed by atoms with Crippen LogP contribution in [-0.4, -0.2) is 11.2 Å². The second kappa shape index (κ2) is 9.33. The van der Waals surface area contributed by atoms with Crippen molar-refractivity contribution in [2.45, 2.75) is 104 Å². The lowest BCUT2D eigenvalue weighted by Crippen LogP contribution is -2.36. The van der Waals surface area contributed by atoms with Crippen molar-refractivity contribution in [1.82, 2.24) is 0 Å². The van der Waals surface area contributed by atoms with Gasteiger partial charge in [0.15, 0.2) is 0 Å². The fraction of sp³-hybridized carbons (Fsp3) is 0.778. The summed E-state index contributed by atoms with van der Waals surface area (Å²) in [6, 6.07) is 0. The molecule has 0 aliphatic heterocycles. The van der Waals surface area contributed by atoms with Gasteiger partial charge in [-0.05, 0) is 86.0 Å². The van der Waals surface area contributed by atoms with Crippen molar-refractivity contribution >= 4 is 0 Å². The minimum Gasteiger partial charge on any atom is -0.393 e. The molecule has 158 valence electrons. The summed E-state index contributed by atoms with van der Waals surface area (Å²) >= 11 is 0. The molecule has 3 fully saturated rings. The second-order valence-corrected chi connectivity index (χ2v) is 10.8. The molecule has 0 aromatic carbocycles. The molecule has 0 spiro atoms. The Hall–Kier alpha value is -0.820. The normalized spacial score (nSPS) is 37.6. The molecule has 0 saturated heterocycles. The molecule has 28 heavy (non-hydrogen) atoms. The van der Waals surface area contributed by atoms with E-state index in [0.29, 0.717) is 5.41 Å². The van der Waals surface area contributed by atoms with Gasteiger partial charge in [0.1, 0.15) is 0 Å². The van der Waals surface area contributed by atoms with Crippen molar-refractivity contribution in [3.8, 4) is 0 Å². The smallest absolute Gasteiger partial charge is 0.0583 e. The summed E-state index contributed by atoms with van der Waals surface area (Å²) in [5.41, 5.74) is 4.72. The first-order valence-electron chi connectivity index (χ1n) is 12.1. The van der Waals surface area contributed by atoms with Gasteiger partial charge in [0.25, 0.3) is 0 Å². The van der Waals surface area contributed by atoms with Gasteiger partial charge in [-0.15, -0.1) is 0 Å². The monoisotopic (exact) mass is 384 g/mol. The highest BCUT2D eigenvalue weighted by Crippen LogP contribution is 2.59. The fourth-order valence-electron chi connectivity index (χ4n) is 6.66. The second-order valence-electron chi connectivity index (χ2n) is 10.8. The third kappa shape index (κ3) is 4.84. The molecular weight excluding hydrogens is 340 g/mol. The van der Waals surface area contributed by atoms with E-state index in [4.69, 9.17) is 0 Å². The topological polar surface area (TPSA) is 20.2 Å². The molecule has 3 saturated carbocycles. The highest BCUT2D eigenvalue weighted by Gasteiger charge is 2.50. The predicted octanol–water partition coefficient (Wildman–Crippen LogP) is 7.62. The van der Waals surface area contributed by atoms with Crippen LogP contribution in [0.2, 0.25) is 0 Å². The van der Waals surface area contributed by atoms with Crippen molar-refractivity contribution in [2.24, 2.45) is 29.1 Å². The Morgan fingerprint density at radius 1 is 1.11 bits per heavy atom. The predicted molar refractivity (Wildman–Crippen MR) is 121 cm³/mol. The van der Waals surface area contributed by atoms with Gasteiger partial charge in [-0.3, -0.25) is 0 Å².